The lowest BCUT2D eigenvalue weighted by Crippen LogP contribution is -2.26. The van der Waals surface area contributed by atoms with Crippen molar-refractivity contribution < 1.29 is 9.90 Å². The molecule has 0 bridgehead atoms. The minimum atomic E-state index is -0.724. The molecule has 0 spiro atoms. The van der Waals surface area contributed by atoms with E-state index in [0.717, 1.165) is 16.3 Å². The molecule has 1 atom stereocenters. The number of carbonyl (C=O) groups is 1. The molecule has 0 saturated heterocycles. The summed E-state index contributed by atoms with van der Waals surface area (Å²) in [5.74, 6) is -0.244. The van der Waals surface area contributed by atoms with Gasteiger partial charge in [-0.05, 0) is 29.5 Å². The summed E-state index contributed by atoms with van der Waals surface area (Å²) in [5, 5.41) is 15.8. The van der Waals surface area contributed by atoms with Crippen molar-refractivity contribution in [2.45, 2.75) is 39.2 Å². The molecule has 2 N–H and O–H groups in total. The van der Waals surface area contributed by atoms with Gasteiger partial charge in [-0.2, -0.15) is 0 Å². The molecule has 1 aromatic carbocycles. The Labute approximate surface area is 147 Å². The summed E-state index contributed by atoms with van der Waals surface area (Å²) < 4.78 is 0. The van der Waals surface area contributed by atoms with Crippen molar-refractivity contribution >= 4 is 23.3 Å². The van der Waals surface area contributed by atoms with E-state index in [4.69, 9.17) is 0 Å². The quantitative estimate of drug-likeness (QED) is 0.815. The zero-order valence-electron chi connectivity index (χ0n) is 14.5. The Kier molecular flexibility index (Phi) is 5.91. The van der Waals surface area contributed by atoms with Gasteiger partial charge in [0, 0.05) is 18.0 Å². The van der Waals surface area contributed by atoms with E-state index < -0.39 is 6.10 Å². The summed E-state index contributed by atoms with van der Waals surface area (Å²) in [4.78, 5) is 16.1. The Morgan fingerprint density at radius 1 is 1.33 bits per heavy atom. The highest BCUT2D eigenvalue weighted by atomic mass is 32.1. The number of amides is 1. The van der Waals surface area contributed by atoms with Gasteiger partial charge in [-0.15, -0.1) is 11.3 Å². The summed E-state index contributed by atoms with van der Waals surface area (Å²) in [6.45, 7) is 8.54. The summed E-state index contributed by atoms with van der Waals surface area (Å²) in [7, 11) is 0. The fourth-order valence-electron chi connectivity index (χ4n) is 2.20. The third-order valence-corrected chi connectivity index (χ3v) is 4.47. The number of nitrogens with one attached hydrogen (secondary N) is 1. The van der Waals surface area contributed by atoms with Crippen LogP contribution in [-0.4, -0.2) is 22.5 Å². The number of aryl methyl sites for hydroxylation is 1. The number of nitrogens with zero attached hydrogens (tertiary/aromatic N) is 1. The van der Waals surface area contributed by atoms with Crippen LogP contribution in [0.4, 0.5) is 0 Å². The number of carbonyl (C=O) groups excluding carboxylic acids is 1. The van der Waals surface area contributed by atoms with Gasteiger partial charge < -0.3 is 10.4 Å². The first kappa shape index (κ1) is 18.4. The first-order chi connectivity index (χ1) is 11.3. The van der Waals surface area contributed by atoms with Crippen LogP contribution in [0, 0.1) is 6.92 Å². The zero-order chi connectivity index (χ0) is 17.7. The molecule has 0 saturated carbocycles. The lowest BCUT2D eigenvalue weighted by atomic mass is 9.86. The summed E-state index contributed by atoms with van der Waals surface area (Å²) in [6.07, 6.45) is 2.38. The zero-order valence-corrected chi connectivity index (χ0v) is 15.4. The van der Waals surface area contributed by atoms with Gasteiger partial charge in [-0.3, -0.25) is 4.79 Å². The van der Waals surface area contributed by atoms with Crippen molar-refractivity contribution in [3.63, 3.8) is 0 Å². The molecule has 0 radical (unpaired) electrons. The monoisotopic (exact) mass is 344 g/mol. The molecule has 1 unspecified atom stereocenters. The average Bonchev–Trinajstić information content (AvgIpc) is 2.95. The molecule has 0 aliphatic heterocycles. The Morgan fingerprint density at radius 3 is 2.54 bits per heavy atom. The molecule has 1 aromatic heterocycles. The SMILES string of the molecule is Cc1nc(/C=C/C(=O)NCC(O)c2ccc(C(C)(C)C)cc2)cs1. The van der Waals surface area contributed by atoms with E-state index in [9.17, 15) is 9.90 Å². The molecule has 0 aliphatic carbocycles. The highest BCUT2D eigenvalue weighted by Crippen LogP contribution is 2.23. The largest absolute Gasteiger partial charge is 0.387 e. The van der Waals surface area contributed by atoms with Crippen molar-refractivity contribution in [1.29, 1.82) is 0 Å². The number of aromatic nitrogens is 1. The first-order valence-corrected chi connectivity index (χ1v) is 8.80. The maximum Gasteiger partial charge on any atom is 0.244 e. The number of thiazole rings is 1. The van der Waals surface area contributed by atoms with Crippen LogP contribution >= 0.6 is 11.3 Å². The first-order valence-electron chi connectivity index (χ1n) is 7.92. The Bertz CT molecular complexity index is 712. The second kappa shape index (κ2) is 7.73. The van der Waals surface area contributed by atoms with Gasteiger partial charge >= 0.3 is 0 Å². The predicted octanol–water partition coefficient (Wildman–Crippen LogP) is 3.61. The molecule has 5 heteroatoms. The molecule has 2 aromatic rings. The van der Waals surface area contributed by atoms with Crippen molar-refractivity contribution in [3.8, 4) is 0 Å². The maximum absolute atomic E-state index is 11.8. The van der Waals surface area contributed by atoms with Crippen LogP contribution in [0.2, 0.25) is 0 Å². The standard InChI is InChI=1S/C19H24N2O2S/c1-13-21-16(12-24-13)9-10-18(23)20-11-17(22)14-5-7-15(8-6-14)19(2,3)4/h5-10,12,17,22H,11H2,1-4H3,(H,20,23)/b10-9+. The molecule has 24 heavy (non-hydrogen) atoms. The van der Waals surface area contributed by atoms with E-state index in [1.807, 2.05) is 36.6 Å². The molecule has 4 nitrogen and oxygen atoms in total. The van der Waals surface area contributed by atoms with E-state index >= 15 is 0 Å². The van der Waals surface area contributed by atoms with Crippen molar-refractivity contribution in [3.05, 3.63) is 57.6 Å². The fourth-order valence-corrected chi connectivity index (χ4v) is 2.78. The molecule has 1 amide bonds. The van der Waals surface area contributed by atoms with Crippen LogP contribution in [-0.2, 0) is 10.2 Å². The van der Waals surface area contributed by atoms with Crippen molar-refractivity contribution in [1.82, 2.24) is 10.3 Å². The number of hydrogen-bond acceptors (Lipinski definition) is 4. The highest BCUT2D eigenvalue weighted by molar-refractivity contribution is 7.09. The predicted molar refractivity (Wildman–Crippen MR) is 99.0 cm³/mol. The van der Waals surface area contributed by atoms with Crippen LogP contribution in [0.15, 0.2) is 35.7 Å². The number of hydrogen-bond donors (Lipinski definition) is 2. The average molecular weight is 344 g/mol. The third-order valence-electron chi connectivity index (χ3n) is 3.67. The molecule has 0 fully saturated rings. The molecular weight excluding hydrogens is 320 g/mol. The third kappa shape index (κ3) is 5.28. The van der Waals surface area contributed by atoms with Crippen molar-refractivity contribution in [2.75, 3.05) is 6.54 Å². The number of aliphatic hydroxyl groups excluding tert-OH is 1. The minimum Gasteiger partial charge on any atom is -0.387 e. The van der Waals surface area contributed by atoms with E-state index in [1.54, 1.807) is 17.4 Å². The summed E-state index contributed by atoms with van der Waals surface area (Å²) in [6, 6.07) is 7.85. The number of benzene rings is 1. The highest BCUT2D eigenvalue weighted by Gasteiger charge is 2.14. The van der Waals surface area contributed by atoms with Gasteiger partial charge in [0.1, 0.15) is 0 Å². The minimum absolute atomic E-state index is 0.0799. The second-order valence-corrected chi connectivity index (χ2v) is 7.82. The van der Waals surface area contributed by atoms with Crippen molar-refractivity contribution in [2.24, 2.45) is 0 Å². The van der Waals surface area contributed by atoms with E-state index in [1.165, 1.54) is 11.6 Å². The van der Waals surface area contributed by atoms with Crippen LogP contribution in [0.3, 0.4) is 0 Å². The number of rotatable bonds is 5. The van der Waals surface area contributed by atoms with E-state index in [2.05, 4.69) is 31.1 Å². The lowest BCUT2D eigenvalue weighted by molar-refractivity contribution is -0.116. The second-order valence-electron chi connectivity index (χ2n) is 6.76. The molecular formula is C19H24N2O2S. The number of aliphatic hydroxyl groups is 1. The Morgan fingerprint density at radius 2 is 2.00 bits per heavy atom. The van der Waals surface area contributed by atoms with Crippen LogP contribution in [0.1, 0.15) is 48.7 Å². The van der Waals surface area contributed by atoms with Gasteiger partial charge in [0.05, 0.1) is 16.8 Å². The Hall–Kier alpha value is -1.98. The van der Waals surface area contributed by atoms with Gasteiger partial charge in [-0.25, -0.2) is 4.98 Å². The Balaban J connectivity index is 1.87. The molecule has 1 heterocycles. The smallest absolute Gasteiger partial charge is 0.244 e. The van der Waals surface area contributed by atoms with Gasteiger partial charge in [-0.1, -0.05) is 45.0 Å². The van der Waals surface area contributed by atoms with Gasteiger partial charge in [0.25, 0.3) is 0 Å². The van der Waals surface area contributed by atoms with Crippen LogP contribution in [0.5, 0.6) is 0 Å². The van der Waals surface area contributed by atoms with Gasteiger partial charge in [0.2, 0.25) is 5.91 Å². The van der Waals surface area contributed by atoms with Gasteiger partial charge in [0.15, 0.2) is 0 Å². The summed E-state index contributed by atoms with van der Waals surface area (Å²) >= 11 is 1.54. The topological polar surface area (TPSA) is 62.2 Å². The molecule has 0 aliphatic rings. The summed E-state index contributed by atoms with van der Waals surface area (Å²) in [5.41, 5.74) is 2.86. The van der Waals surface area contributed by atoms with Crippen LogP contribution in [0.25, 0.3) is 6.08 Å². The maximum atomic E-state index is 11.8. The fraction of sp³-hybridized carbons (Fsp3) is 0.368. The normalized spacial score (nSPS) is 13.2. The van der Waals surface area contributed by atoms with E-state index in [0.29, 0.717) is 0 Å². The molecule has 2 rings (SSSR count). The van der Waals surface area contributed by atoms with Crippen LogP contribution < -0.4 is 5.32 Å². The molecule has 128 valence electrons. The van der Waals surface area contributed by atoms with E-state index in [-0.39, 0.29) is 17.9 Å². The lowest BCUT2D eigenvalue weighted by Gasteiger charge is -2.20.